The molecule has 1 fully saturated rings. The molecule has 104 valence electrons. The first-order valence-corrected chi connectivity index (χ1v) is 8.05. The number of benzene rings is 1. The van der Waals surface area contributed by atoms with Gasteiger partial charge in [0, 0.05) is 0 Å². The van der Waals surface area contributed by atoms with E-state index in [4.69, 9.17) is 0 Å². The van der Waals surface area contributed by atoms with Gasteiger partial charge in [0.25, 0.3) is 0 Å². The van der Waals surface area contributed by atoms with Crippen LogP contribution in [-0.2, 0) is 19.3 Å². The van der Waals surface area contributed by atoms with Gasteiger partial charge in [0.05, 0.1) is 6.10 Å². The minimum Gasteiger partial charge on any atom is -0.393 e. The second-order valence-corrected chi connectivity index (χ2v) is 6.58. The molecule has 1 aromatic rings. The van der Waals surface area contributed by atoms with E-state index in [0.717, 1.165) is 18.8 Å². The Kier molecular flexibility index (Phi) is 3.93. The van der Waals surface area contributed by atoms with Crippen molar-refractivity contribution in [3.8, 4) is 0 Å². The van der Waals surface area contributed by atoms with Crippen molar-refractivity contribution in [2.75, 3.05) is 0 Å². The Morgan fingerprint density at radius 3 is 2.84 bits per heavy atom. The summed E-state index contributed by atoms with van der Waals surface area (Å²) < 4.78 is 0. The molecule has 1 nitrogen and oxygen atoms in total. The van der Waals surface area contributed by atoms with Crippen molar-refractivity contribution in [1.82, 2.24) is 0 Å². The number of rotatable bonds is 3. The highest BCUT2D eigenvalue weighted by atomic mass is 16.3. The zero-order chi connectivity index (χ0) is 13.2. The smallest absolute Gasteiger partial charge is 0.0571 e. The Balaban J connectivity index is 1.69. The summed E-state index contributed by atoms with van der Waals surface area (Å²) in [5, 5.41) is 10.2. The van der Waals surface area contributed by atoms with Crippen LogP contribution in [0.1, 0.15) is 55.7 Å². The molecule has 2 aliphatic carbocycles. The third kappa shape index (κ3) is 2.86. The molecule has 1 N–H and O–H groups in total. The maximum Gasteiger partial charge on any atom is 0.0571 e. The Morgan fingerprint density at radius 1 is 1.16 bits per heavy atom. The molecule has 0 radical (unpaired) electrons. The lowest BCUT2D eigenvalue weighted by atomic mass is 9.76. The molecule has 2 aliphatic rings. The number of hydrogen-bond acceptors (Lipinski definition) is 1. The molecular weight excluding hydrogens is 232 g/mol. The van der Waals surface area contributed by atoms with Gasteiger partial charge in [-0.2, -0.15) is 0 Å². The van der Waals surface area contributed by atoms with Crippen molar-refractivity contribution < 1.29 is 5.11 Å². The SMILES string of the molecule is CCC1CCC(O)C(Cc2ccc3c(c2)CCC3)C1. The Morgan fingerprint density at radius 2 is 2.00 bits per heavy atom. The summed E-state index contributed by atoms with van der Waals surface area (Å²) in [7, 11) is 0. The van der Waals surface area contributed by atoms with Gasteiger partial charge in [0.15, 0.2) is 0 Å². The van der Waals surface area contributed by atoms with Gasteiger partial charge in [-0.05, 0) is 73.5 Å². The van der Waals surface area contributed by atoms with E-state index >= 15 is 0 Å². The first-order valence-electron chi connectivity index (χ1n) is 8.05. The molecule has 1 aromatic carbocycles. The molecular formula is C18H26O. The summed E-state index contributed by atoms with van der Waals surface area (Å²) in [5.74, 6) is 1.32. The van der Waals surface area contributed by atoms with Crippen LogP contribution in [-0.4, -0.2) is 11.2 Å². The monoisotopic (exact) mass is 258 g/mol. The summed E-state index contributed by atoms with van der Waals surface area (Å²) in [5.41, 5.74) is 4.57. The van der Waals surface area contributed by atoms with Crippen LogP contribution < -0.4 is 0 Å². The van der Waals surface area contributed by atoms with Gasteiger partial charge >= 0.3 is 0 Å². The lowest BCUT2D eigenvalue weighted by Crippen LogP contribution is -2.30. The van der Waals surface area contributed by atoms with E-state index < -0.39 is 0 Å². The quantitative estimate of drug-likeness (QED) is 0.871. The molecule has 0 amide bonds. The fourth-order valence-electron chi connectivity index (χ4n) is 3.99. The standard InChI is InChI=1S/C18H26O/c1-2-13-7-9-18(19)17(10-13)12-14-6-8-15-4-3-5-16(15)11-14/h6,8,11,13,17-19H,2-5,7,9-10,12H2,1H3. The average Bonchev–Trinajstić information content (AvgIpc) is 2.89. The Bertz CT molecular complexity index is 437. The predicted molar refractivity (Wildman–Crippen MR) is 79.3 cm³/mol. The summed E-state index contributed by atoms with van der Waals surface area (Å²) in [4.78, 5) is 0. The normalized spacial score (nSPS) is 30.3. The van der Waals surface area contributed by atoms with Gasteiger partial charge in [-0.25, -0.2) is 0 Å². The maximum atomic E-state index is 10.2. The molecule has 0 aromatic heterocycles. The molecule has 3 unspecified atom stereocenters. The minimum absolute atomic E-state index is 0.0731. The van der Waals surface area contributed by atoms with Crippen LogP contribution >= 0.6 is 0 Å². The van der Waals surface area contributed by atoms with Gasteiger partial charge < -0.3 is 5.11 Å². The summed E-state index contributed by atoms with van der Waals surface area (Å²) in [6, 6.07) is 7.03. The van der Waals surface area contributed by atoms with Crippen molar-refractivity contribution in [3.63, 3.8) is 0 Å². The molecule has 0 saturated heterocycles. The topological polar surface area (TPSA) is 20.2 Å². The number of aryl methyl sites for hydroxylation is 2. The van der Waals surface area contributed by atoms with Gasteiger partial charge in [-0.3, -0.25) is 0 Å². The predicted octanol–water partition coefficient (Wildman–Crippen LogP) is 3.91. The first-order chi connectivity index (χ1) is 9.26. The van der Waals surface area contributed by atoms with Crippen LogP contribution in [0.5, 0.6) is 0 Å². The fraction of sp³-hybridized carbons (Fsp3) is 0.667. The van der Waals surface area contributed by atoms with Crippen LogP contribution in [0.25, 0.3) is 0 Å². The minimum atomic E-state index is -0.0731. The fourth-order valence-corrected chi connectivity index (χ4v) is 3.99. The third-order valence-electron chi connectivity index (χ3n) is 5.29. The molecule has 0 heterocycles. The molecule has 0 spiro atoms. The largest absolute Gasteiger partial charge is 0.393 e. The summed E-state index contributed by atoms with van der Waals surface area (Å²) in [6.07, 6.45) is 9.56. The van der Waals surface area contributed by atoms with Crippen molar-refractivity contribution in [1.29, 1.82) is 0 Å². The number of aliphatic hydroxyl groups excluding tert-OH is 1. The van der Waals surface area contributed by atoms with E-state index in [9.17, 15) is 5.11 Å². The molecule has 1 heteroatoms. The van der Waals surface area contributed by atoms with Gasteiger partial charge in [-0.1, -0.05) is 31.5 Å². The van der Waals surface area contributed by atoms with Crippen molar-refractivity contribution in [2.24, 2.45) is 11.8 Å². The maximum absolute atomic E-state index is 10.2. The Hall–Kier alpha value is -0.820. The second kappa shape index (κ2) is 5.66. The lowest BCUT2D eigenvalue weighted by Gasteiger charge is -2.33. The molecule has 0 aliphatic heterocycles. The van der Waals surface area contributed by atoms with E-state index in [2.05, 4.69) is 25.1 Å². The Labute approximate surface area is 117 Å². The highest BCUT2D eigenvalue weighted by Gasteiger charge is 2.28. The molecule has 0 bridgehead atoms. The van der Waals surface area contributed by atoms with Crippen LogP contribution in [0.15, 0.2) is 18.2 Å². The molecule has 3 atom stereocenters. The van der Waals surface area contributed by atoms with Crippen LogP contribution in [0, 0.1) is 11.8 Å². The first kappa shape index (κ1) is 13.2. The summed E-state index contributed by atoms with van der Waals surface area (Å²) >= 11 is 0. The van der Waals surface area contributed by atoms with E-state index in [0.29, 0.717) is 5.92 Å². The van der Waals surface area contributed by atoms with Gasteiger partial charge in [-0.15, -0.1) is 0 Å². The summed E-state index contributed by atoms with van der Waals surface area (Å²) in [6.45, 7) is 2.29. The van der Waals surface area contributed by atoms with Crippen molar-refractivity contribution >= 4 is 0 Å². The van der Waals surface area contributed by atoms with E-state index in [-0.39, 0.29) is 6.10 Å². The van der Waals surface area contributed by atoms with E-state index in [1.807, 2.05) is 0 Å². The highest BCUT2D eigenvalue weighted by molar-refractivity contribution is 5.35. The molecule has 3 rings (SSSR count). The number of aliphatic hydroxyl groups is 1. The number of fused-ring (bicyclic) bond motifs is 1. The molecule has 1 saturated carbocycles. The highest BCUT2D eigenvalue weighted by Crippen LogP contribution is 2.34. The van der Waals surface area contributed by atoms with Crippen LogP contribution in [0.4, 0.5) is 0 Å². The van der Waals surface area contributed by atoms with E-state index in [1.165, 1.54) is 44.1 Å². The average molecular weight is 258 g/mol. The van der Waals surface area contributed by atoms with Crippen molar-refractivity contribution in [2.45, 2.75) is 64.4 Å². The van der Waals surface area contributed by atoms with Crippen LogP contribution in [0.2, 0.25) is 0 Å². The van der Waals surface area contributed by atoms with Crippen molar-refractivity contribution in [3.05, 3.63) is 34.9 Å². The third-order valence-corrected chi connectivity index (χ3v) is 5.29. The van der Waals surface area contributed by atoms with Gasteiger partial charge in [0.2, 0.25) is 0 Å². The lowest BCUT2D eigenvalue weighted by molar-refractivity contribution is 0.0475. The zero-order valence-corrected chi connectivity index (χ0v) is 12.1. The number of hydrogen-bond donors (Lipinski definition) is 1. The molecule has 19 heavy (non-hydrogen) atoms. The van der Waals surface area contributed by atoms with Crippen LogP contribution in [0.3, 0.4) is 0 Å². The van der Waals surface area contributed by atoms with Gasteiger partial charge in [0.1, 0.15) is 0 Å². The van der Waals surface area contributed by atoms with E-state index in [1.54, 1.807) is 11.1 Å². The zero-order valence-electron chi connectivity index (χ0n) is 12.1. The second-order valence-electron chi connectivity index (χ2n) is 6.58.